The minimum Gasteiger partial charge on any atom is -0.496 e. The summed E-state index contributed by atoms with van der Waals surface area (Å²) < 4.78 is 12.3. The number of anilines is 1. The van der Waals surface area contributed by atoms with Gasteiger partial charge in [-0.25, -0.2) is 0 Å². The smallest absolute Gasteiger partial charge is 0.150 e. The van der Waals surface area contributed by atoms with Gasteiger partial charge in [-0.15, -0.1) is 0 Å². The first-order chi connectivity index (χ1) is 10.1. The van der Waals surface area contributed by atoms with Gasteiger partial charge >= 0.3 is 0 Å². The lowest BCUT2D eigenvalue weighted by Gasteiger charge is -2.19. The molecule has 0 atom stereocenters. The highest BCUT2D eigenvalue weighted by Gasteiger charge is 2.19. The van der Waals surface area contributed by atoms with Gasteiger partial charge in [-0.1, -0.05) is 37.3 Å². The van der Waals surface area contributed by atoms with Crippen molar-refractivity contribution in [2.45, 2.75) is 26.9 Å². The molecule has 0 unspecified atom stereocenters. The van der Waals surface area contributed by atoms with E-state index in [0.29, 0.717) is 18.0 Å². The largest absolute Gasteiger partial charge is 0.496 e. The van der Waals surface area contributed by atoms with Crippen LogP contribution in [0.5, 0.6) is 11.5 Å². The van der Waals surface area contributed by atoms with Gasteiger partial charge in [0.25, 0.3) is 0 Å². The summed E-state index contributed by atoms with van der Waals surface area (Å²) in [4.78, 5) is 0. The van der Waals surface area contributed by atoms with Crippen molar-refractivity contribution in [1.29, 1.82) is 0 Å². The van der Waals surface area contributed by atoms with Crippen molar-refractivity contribution in [1.82, 2.24) is 0 Å². The van der Waals surface area contributed by atoms with Gasteiger partial charge in [0.15, 0.2) is 0 Å². The molecule has 2 N–H and O–H groups in total. The second kappa shape index (κ2) is 6.85. The molecule has 0 amide bonds. The minimum atomic E-state index is 0.479. The van der Waals surface area contributed by atoms with E-state index >= 15 is 0 Å². The first-order valence-electron chi connectivity index (χ1n) is 6.91. The Morgan fingerprint density at radius 2 is 1.81 bits per heavy atom. The zero-order valence-corrected chi connectivity index (χ0v) is 14.2. The molecule has 4 heteroatoms. The van der Waals surface area contributed by atoms with Crippen molar-refractivity contribution in [2.24, 2.45) is 0 Å². The first kappa shape index (κ1) is 15.7. The van der Waals surface area contributed by atoms with Gasteiger partial charge in [-0.2, -0.15) is 0 Å². The summed E-state index contributed by atoms with van der Waals surface area (Å²) in [6.45, 7) is 4.53. The van der Waals surface area contributed by atoms with Crippen LogP contribution >= 0.6 is 15.9 Å². The monoisotopic (exact) mass is 349 g/mol. The molecule has 2 aromatic rings. The lowest BCUT2D eigenvalue weighted by Crippen LogP contribution is -2.05. The van der Waals surface area contributed by atoms with Crippen molar-refractivity contribution in [3.05, 3.63) is 51.5 Å². The average Bonchev–Trinajstić information content (AvgIpc) is 2.51. The van der Waals surface area contributed by atoms with E-state index in [4.69, 9.17) is 15.2 Å². The summed E-state index contributed by atoms with van der Waals surface area (Å²) in [5.41, 5.74) is 9.95. The molecule has 2 rings (SSSR count). The number of hydrogen-bond donors (Lipinski definition) is 1. The molecule has 0 aliphatic heterocycles. The molecule has 0 spiro atoms. The van der Waals surface area contributed by atoms with Gasteiger partial charge in [0.2, 0.25) is 0 Å². The third-order valence-corrected chi connectivity index (χ3v) is 4.39. The minimum absolute atomic E-state index is 0.479. The number of benzene rings is 2. The van der Waals surface area contributed by atoms with E-state index in [2.05, 4.69) is 22.9 Å². The Kier molecular flexibility index (Phi) is 5.12. The molecular weight excluding hydrogens is 330 g/mol. The van der Waals surface area contributed by atoms with Crippen LogP contribution in [0.1, 0.15) is 23.6 Å². The Labute approximate surface area is 134 Å². The number of rotatable bonds is 5. The lowest BCUT2D eigenvalue weighted by molar-refractivity contribution is 0.302. The van der Waals surface area contributed by atoms with Crippen LogP contribution in [0.3, 0.4) is 0 Å². The van der Waals surface area contributed by atoms with E-state index < -0.39 is 0 Å². The van der Waals surface area contributed by atoms with Crippen molar-refractivity contribution >= 4 is 21.6 Å². The Hall–Kier alpha value is -1.68. The number of nitrogens with two attached hydrogens (primary N) is 1. The molecule has 112 valence electrons. The van der Waals surface area contributed by atoms with E-state index in [1.807, 2.05) is 37.3 Å². The summed E-state index contributed by atoms with van der Waals surface area (Å²) >= 11 is 3.56. The Morgan fingerprint density at radius 3 is 2.38 bits per heavy atom. The molecule has 0 aliphatic rings. The molecule has 2 aromatic carbocycles. The van der Waals surface area contributed by atoms with Crippen molar-refractivity contribution in [3.63, 3.8) is 0 Å². The first-order valence-corrected chi connectivity index (χ1v) is 7.70. The van der Waals surface area contributed by atoms with Crippen LogP contribution in [0.2, 0.25) is 0 Å². The predicted molar refractivity (Wildman–Crippen MR) is 90.0 cm³/mol. The molecule has 0 aliphatic carbocycles. The van der Waals surface area contributed by atoms with Crippen LogP contribution in [0.4, 0.5) is 5.69 Å². The van der Waals surface area contributed by atoms with Crippen LogP contribution in [-0.2, 0) is 13.0 Å². The van der Waals surface area contributed by atoms with Crippen LogP contribution in [0.25, 0.3) is 0 Å². The molecule has 0 aromatic heterocycles. The fourth-order valence-corrected chi connectivity index (χ4v) is 3.04. The summed E-state index contributed by atoms with van der Waals surface area (Å²) in [6.07, 6.45) is 0.841. The normalized spacial score (nSPS) is 10.5. The van der Waals surface area contributed by atoms with Gasteiger partial charge in [0, 0.05) is 11.1 Å². The Morgan fingerprint density at radius 1 is 1.14 bits per heavy atom. The summed E-state index contributed by atoms with van der Waals surface area (Å²) in [5, 5.41) is 0. The summed E-state index contributed by atoms with van der Waals surface area (Å²) in [7, 11) is 1.67. The van der Waals surface area contributed by atoms with Gasteiger partial charge in [0.1, 0.15) is 18.1 Å². The zero-order valence-electron chi connectivity index (χ0n) is 12.6. The fraction of sp³-hybridized carbons (Fsp3) is 0.294. The van der Waals surface area contributed by atoms with Crippen LogP contribution < -0.4 is 15.2 Å². The van der Waals surface area contributed by atoms with Gasteiger partial charge < -0.3 is 15.2 Å². The molecule has 0 saturated carbocycles. The molecule has 21 heavy (non-hydrogen) atoms. The quantitative estimate of drug-likeness (QED) is 0.808. The number of halogens is 1. The molecule has 0 bridgehead atoms. The van der Waals surface area contributed by atoms with Gasteiger partial charge in [0.05, 0.1) is 17.3 Å². The van der Waals surface area contributed by atoms with E-state index in [-0.39, 0.29) is 0 Å². The van der Waals surface area contributed by atoms with Crippen LogP contribution in [0.15, 0.2) is 34.8 Å². The fourth-order valence-electron chi connectivity index (χ4n) is 2.40. The third kappa shape index (κ3) is 3.16. The van der Waals surface area contributed by atoms with Crippen molar-refractivity contribution < 1.29 is 9.47 Å². The highest BCUT2D eigenvalue weighted by atomic mass is 79.9. The van der Waals surface area contributed by atoms with Crippen molar-refractivity contribution in [3.8, 4) is 11.5 Å². The highest BCUT2D eigenvalue weighted by molar-refractivity contribution is 9.10. The Bertz CT molecular complexity index is 627. The molecule has 0 saturated heterocycles. The molecular formula is C17H20BrNO2. The summed E-state index contributed by atoms with van der Waals surface area (Å²) in [5.74, 6) is 1.52. The second-order valence-electron chi connectivity index (χ2n) is 4.82. The number of hydrogen-bond acceptors (Lipinski definition) is 3. The molecule has 3 nitrogen and oxygen atoms in total. The van der Waals surface area contributed by atoms with E-state index in [1.54, 1.807) is 7.11 Å². The third-order valence-electron chi connectivity index (χ3n) is 3.48. The number of methoxy groups -OCH3 is 1. The van der Waals surface area contributed by atoms with Crippen LogP contribution in [-0.4, -0.2) is 7.11 Å². The van der Waals surface area contributed by atoms with E-state index in [0.717, 1.165) is 33.3 Å². The maximum Gasteiger partial charge on any atom is 0.150 e. The molecule has 0 heterocycles. The van der Waals surface area contributed by atoms with E-state index in [1.165, 1.54) is 0 Å². The van der Waals surface area contributed by atoms with E-state index in [9.17, 15) is 0 Å². The SMILES string of the molecule is CCc1c(Br)c(N)c(OCc2ccccc2)c(C)c1OC. The van der Waals surface area contributed by atoms with Gasteiger partial charge in [-0.3, -0.25) is 0 Å². The maximum atomic E-state index is 6.22. The zero-order chi connectivity index (χ0) is 15.4. The van der Waals surface area contributed by atoms with Crippen LogP contribution in [0, 0.1) is 6.92 Å². The molecule has 0 radical (unpaired) electrons. The van der Waals surface area contributed by atoms with Crippen molar-refractivity contribution in [2.75, 3.05) is 12.8 Å². The molecule has 0 fully saturated rings. The Balaban J connectivity index is 2.37. The topological polar surface area (TPSA) is 44.5 Å². The maximum absolute atomic E-state index is 6.22. The van der Waals surface area contributed by atoms with Gasteiger partial charge in [-0.05, 0) is 34.8 Å². The lowest BCUT2D eigenvalue weighted by atomic mass is 10.0. The number of nitrogen functional groups attached to an aromatic ring is 1. The predicted octanol–water partition coefficient (Wildman–Crippen LogP) is 4.49. The number of ether oxygens (including phenoxy) is 2. The average molecular weight is 350 g/mol. The second-order valence-corrected chi connectivity index (χ2v) is 5.61. The summed E-state index contributed by atoms with van der Waals surface area (Å²) in [6, 6.07) is 10.0. The standard InChI is InChI=1S/C17H20BrNO2/c1-4-13-14(18)15(19)17(11(2)16(13)20-3)21-10-12-8-6-5-7-9-12/h5-9H,4,10,19H2,1-3H3. The highest BCUT2D eigenvalue weighted by Crippen LogP contribution is 2.43.